The fourth-order valence-electron chi connectivity index (χ4n) is 3.46. The van der Waals surface area contributed by atoms with Gasteiger partial charge in [-0.3, -0.25) is 4.90 Å². The van der Waals surface area contributed by atoms with Crippen LogP contribution in [-0.4, -0.2) is 76.6 Å². The van der Waals surface area contributed by atoms with Crippen LogP contribution in [0.5, 0.6) is 11.5 Å². The van der Waals surface area contributed by atoms with Crippen molar-refractivity contribution in [1.29, 1.82) is 0 Å². The van der Waals surface area contributed by atoms with Crippen LogP contribution in [0.25, 0.3) is 0 Å². The number of benzene rings is 1. The number of hydrogen-bond acceptors (Lipinski definition) is 6. The summed E-state index contributed by atoms with van der Waals surface area (Å²) in [7, 11) is 1.65. The van der Waals surface area contributed by atoms with E-state index in [1.165, 1.54) is 0 Å². The lowest BCUT2D eigenvalue weighted by atomic mass is 10.3. The Morgan fingerprint density at radius 1 is 1.09 bits per heavy atom. The van der Waals surface area contributed by atoms with E-state index in [1.54, 1.807) is 13.4 Å². The molecule has 0 spiro atoms. The maximum Gasteiger partial charge on any atom is 0.191 e. The lowest BCUT2D eigenvalue weighted by Gasteiger charge is -2.26. The molecule has 2 aromatic rings. The summed E-state index contributed by atoms with van der Waals surface area (Å²) in [6, 6.07) is 11.6. The van der Waals surface area contributed by atoms with Crippen LogP contribution in [-0.2, 0) is 11.2 Å². The first-order valence-electron chi connectivity index (χ1n) is 11.4. The number of ether oxygens (including phenoxy) is 3. The molecule has 176 valence electrons. The number of furan rings is 1. The maximum atomic E-state index is 6.03. The summed E-state index contributed by atoms with van der Waals surface area (Å²) < 4.78 is 22.2. The first-order chi connectivity index (χ1) is 15.7. The summed E-state index contributed by atoms with van der Waals surface area (Å²) in [6.45, 7) is 8.88. The zero-order chi connectivity index (χ0) is 22.4. The van der Waals surface area contributed by atoms with Crippen molar-refractivity contribution >= 4 is 5.96 Å². The van der Waals surface area contributed by atoms with Gasteiger partial charge in [-0.05, 0) is 44.2 Å². The lowest BCUT2D eigenvalue weighted by Crippen LogP contribution is -2.41. The summed E-state index contributed by atoms with van der Waals surface area (Å²) >= 11 is 0. The van der Waals surface area contributed by atoms with Crippen molar-refractivity contribution in [2.75, 3.05) is 59.6 Å². The van der Waals surface area contributed by atoms with Gasteiger partial charge < -0.3 is 29.3 Å². The number of hydrogen-bond donors (Lipinski definition) is 2. The second kappa shape index (κ2) is 13.6. The third-order valence-electron chi connectivity index (χ3n) is 5.19. The zero-order valence-corrected chi connectivity index (χ0v) is 19.2. The summed E-state index contributed by atoms with van der Waals surface area (Å²) in [5.74, 6) is 3.19. The molecule has 1 unspecified atom stereocenters. The SMILES string of the molecule is COc1ccccc1OC(C)CN=C(NCCCN1CCOCC1)NCCc1ccco1. The van der Waals surface area contributed by atoms with Gasteiger partial charge in [0.1, 0.15) is 11.9 Å². The fraction of sp³-hybridized carbons (Fsp3) is 0.542. The molecule has 1 aromatic heterocycles. The fourth-order valence-corrected chi connectivity index (χ4v) is 3.46. The van der Waals surface area contributed by atoms with Crippen molar-refractivity contribution in [3.63, 3.8) is 0 Å². The zero-order valence-electron chi connectivity index (χ0n) is 19.2. The molecule has 1 fully saturated rings. The molecule has 0 saturated carbocycles. The Labute approximate surface area is 190 Å². The van der Waals surface area contributed by atoms with Crippen molar-refractivity contribution in [2.24, 2.45) is 4.99 Å². The minimum Gasteiger partial charge on any atom is -0.493 e. The minimum atomic E-state index is -0.0941. The van der Waals surface area contributed by atoms with Gasteiger partial charge >= 0.3 is 0 Å². The summed E-state index contributed by atoms with van der Waals surface area (Å²) in [4.78, 5) is 7.18. The molecule has 1 saturated heterocycles. The number of methoxy groups -OCH3 is 1. The summed E-state index contributed by atoms with van der Waals surface area (Å²) in [6.07, 6.45) is 3.45. The standard InChI is InChI=1S/C24H36N4O4/c1-20(32-23-9-4-3-8-22(23)29-2)19-27-24(26-12-10-21-7-5-16-31-21)25-11-6-13-28-14-17-30-18-15-28/h3-5,7-9,16,20H,6,10-15,17-19H2,1-2H3,(H2,25,26,27). The van der Waals surface area contributed by atoms with E-state index >= 15 is 0 Å². The molecular formula is C24H36N4O4. The highest BCUT2D eigenvalue weighted by Gasteiger charge is 2.11. The third kappa shape index (κ3) is 8.43. The quantitative estimate of drug-likeness (QED) is 0.296. The minimum absolute atomic E-state index is 0.0941. The smallest absolute Gasteiger partial charge is 0.191 e. The average Bonchev–Trinajstić information content (AvgIpc) is 3.34. The predicted molar refractivity (Wildman–Crippen MR) is 126 cm³/mol. The van der Waals surface area contributed by atoms with Crippen LogP contribution in [0.4, 0.5) is 0 Å². The van der Waals surface area contributed by atoms with E-state index in [9.17, 15) is 0 Å². The van der Waals surface area contributed by atoms with Gasteiger partial charge in [-0.25, -0.2) is 4.99 Å². The molecule has 2 N–H and O–H groups in total. The molecule has 8 heteroatoms. The molecule has 1 aliphatic heterocycles. The number of morpholine rings is 1. The second-order valence-corrected chi connectivity index (χ2v) is 7.76. The van der Waals surface area contributed by atoms with Crippen LogP contribution in [0, 0.1) is 0 Å². The maximum absolute atomic E-state index is 6.03. The van der Waals surface area contributed by atoms with Gasteiger partial charge in [0.25, 0.3) is 0 Å². The third-order valence-corrected chi connectivity index (χ3v) is 5.19. The molecule has 0 amide bonds. The van der Waals surface area contributed by atoms with E-state index < -0.39 is 0 Å². The van der Waals surface area contributed by atoms with E-state index in [1.807, 2.05) is 43.3 Å². The number of aliphatic imine (C=N–C) groups is 1. The molecule has 8 nitrogen and oxygen atoms in total. The highest BCUT2D eigenvalue weighted by Crippen LogP contribution is 2.26. The van der Waals surface area contributed by atoms with Crippen LogP contribution >= 0.6 is 0 Å². The van der Waals surface area contributed by atoms with Gasteiger partial charge in [-0.1, -0.05) is 12.1 Å². The molecule has 0 aliphatic carbocycles. The molecule has 32 heavy (non-hydrogen) atoms. The average molecular weight is 445 g/mol. The van der Waals surface area contributed by atoms with Gasteiger partial charge in [-0.15, -0.1) is 0 Å². The predicted octanol–water partition coefficient (Wildman–Crippen LogP) is 2.56. The van der Waals surface area contributed by atoms with Gasteiger partial charge in [-0.2, -0.15) is 0 Å². The van der Waals surface area contributed by atoms with E-state index in [0.717, 1.165) is 82.0 Å². The Bertz CT molecular complexity index is 791. The Hall–Kier alpha value is -2.71. The Balaban J connectivity index is 1.47. The van der Waals surface area contributed by atoms with E-state index in [-0.39, 0.29) is 6.10 Å². The van der Waals surface area contributed by atoms with Crippen LogP contribution in [0.2, 0.25) is 0 Å². The topological polar surface area (TPSA) is 80.5 Å². The lowest BCUT2D eigenvalue weighted by molar-refractivity contribution is 0.0376. The van der Waals surface area contributed by atoms with Gasteiger partial charge in [0.15, 0.2) is 17.5 Å². The molecule has 1 aliphatic rings. The first kappa shape index (κ1) is 23.9. The molecule has 2 heterocycles. The molecule has 0 bridgehead atoms. The van der Waals surface area contributed by atoms with Gasteiger partial charge in [0.05, 0.1) is 33.1 Å². The number of guanidine groups is 1. The second-order valence-electron chi connectivity index (χ2n) is 7.76. The molecule has 3 rings (SSSR count). The normalized spacial score (nSPS) is 15.9. The number of nitrogens with one attached hydrogen (secondary N) is 2. The van der Waals surface area contributed by atoms with Crippen LogP contribution < -0.4 is 20.1 Å². The first-order valence-corrected chi connectivity index (χ1v) is 11.4. The molecule has 1 atom stereocenters. The van der Waals surface area contributed by atoms with Crippen LogP contribution in [0.1, 0.15) is 19.1 Å². The number of rotatable bonds is 12. The number of nitrogens with zero attached hydrogens (tertiary/aromatic N) is 2. The van der Waals surface area contributed by atoms with Crippen molar-refractivity contribution in [2.45, 2.75) is 25.9 Å². The van der Waals surface area contributed by atoms with Crippen molar-refractivity contribution in [1.82, 2.24) is 15.5 Å². The molecule has 1 aromatic carbocycles. The van der Waals surface area contributed by atoms with Gasteiger partial charge in [0.2, 0.25) is 0 Å². The van der Waals surface area contributed by atoms with Crippen LogP contribution in [0.15, 0.2) is 52.1 Å². The monoisotopic (exact) mass is 444 g/mol. The van der Waals surface area contributed by atoms with Gasteiger partial charge in [0, 0.05) is 32.6 Å². The van der Waals surface area contributed by atoms with Crippen LogP contribution in [0.3, 0.4) is 0 Å². The highest BCUT2D eigenvalue weighted by molar-refractivity contribution is 5.79. The Morgan fingerprint density at radius 3 is 2.62 bits per heavy atom. The van der Waals surface area contributed by atoms with Crippen molar-refractivity contribution in [3.8, 4) is 11.5 Å². The van der Waals surface area contributed by atoms with Crippen molar-refractivity contribution in [3.05, 3.63) is 48.4 Å². The molecule has 0 radical (unpaired) electrons. The highest BCUT2D eigenvalue weighted by atomic mass is 16.5. The Kier molecular flexibility index (Phi) is 10.2. The van der Waals surface area contributed by atoms with Crippen molar-refractivity contribution < 1.29 is 18.6 Å². The summed E-state index contributed by atoms with van der Waals surface area (Å²) in [5.41, 5.74) is 0. The Morgan fingerprint density at radius 2 is 1.88 bits per heavy atom. The largest absolute Gasteiger partial charge is 0.493 e. The van der Waals surface area contributed by atoms with E-state index in [4.69, 9.17) is 23.6 Å². The summed E-state index contributed by atoms with van der Waals surface area (Å²) in [5, 5.41) is 6.85. The van der Waals surface area contributed by atoms with E-state index in [2.05, 4.69) is 15.5 Å². The van der Waals surface area contributed by atoms with E-state index in [0.29, 0.717) is 6.54 Å². The molecular weight excluding hydrogens is 408 g/mol. The number of para-hydroxylation sites is 2.